The van der Waals surface area contributed by atoms with E-state index >= 15 is 0 Å². The molecule has 1 aromatic rings. The number of hydrogen-bond donors (Lipinski definition) is 2. The molecule has 1 fully saturated rings. The van der Waals surface area contributed by atoms with E-state index in [-0.39, 0.29) is 6.04 Å². The third kappa shape index (κ3) is 3.60. The standard InChI is InChI=1S/C15H23N3O4S/c1-15(2)10-13(12-9-11(16)3-4-14(12)22-15)17-23(19,20)18-5-7-21-8-6-18/h3-4,9,13,17H,5-8,10,16H2,1-2H3. The van der Waals surface area contributed by atoms with Gasteiger partial charge < -0.3 is 15.2 Å². The molecule has 2 aliphatic heterocycles. The third-order valence-electron chi connectivity index (χ3n) is 4.09. The molecule has 0 bridgehead atoms. The Morgan fingerprint density at radius 3 is 2.70 bits per heavy atom. The molecule has 2 aliphatic rings. The molecule has 1 unspecified atom stereocenters. The zero-order valence-corrected chi connectivity index (χ0v) is 14.2. The van der Waals surface area contributed by atoms with Gasteiger partial charge in [0.05, 0.1) is 19.3 Å². The van der Waals surface area contributed by atoms with Gasteiger partial charge in [-0.25, -0.2) is 0 Å². The predicted octanol–water partition coefficient (Wildman–Crippen LogP) is 1.04. The van der Waals surface area contributed by atoms with E-state index in [2.05, 4.69) is 4.72 Å². The Hall–Kier alpha value is -1.35. The number of anilines is 1. The maximum Gasteiger partial charge on any atom is 0.280 e. The largest absolute Gasteiger partial charge is 0.487 e. The lowest BCUT2D eigenvalue weighted by Gasteiger charge is -2.38. The number of nitrogens with two attached hydrogens (primary N) is 1. The number of fused-ring (bicyclic) bond motifs is 1. The van der Waals surface area contributed by atoms with Crippen LogP contribution in [0.5, 0.6) is 5.75 Å². The summed E-state index contributed by atoms with van der Waals surface area (Å²) in [6.07, 6.45) is 0.535. The van der Waals surface area contributed by atoms with E-state index in [1.54, 1.807) is 18.2 Å². The fourth-order valence-corrected chi connectivity index (χ4v) is 4.37. The van der Waals surface area contributed by atoms with Gasteiger partial charge in [0.15, 0.2) is 0 Å². The average molecular weight is 341 g/mol. The number of nitrogens with one attached hydrogen (secondary N) is 1. The number of nitrogen functional groups attached to an aromatic ring is 1. The van der Waals surface area contributed by atoms with Gasteiger partial charge in [0, 0.05) is 30.8 Å². The monoisotopic (exact) mass is 341 g/mol. The van der Waals surface area contributed by atoms with Gasteiger partial charge in [0.1, 0.15) is 11.4 Å². The first kappa shape index (κ1) is 16.5. The highest BCUT2D eigenvalue weighted by molar-refractivity contribution is 7.87. The molecule has 0 aliphatic carbocycles. The van der Waals surface area contributed by atoms with Crippen molar-refractivity contribution >= 4 is 15.9 Å². The number of morpholine rings is 1. The molecule has 1 saturated heterocycles. The number of ether oxygens (including phenoxy) is 2. The summed E-state index contributed by atoms with van der Waals surface area (Å²) < 4.78 is 40.7. The molecular formula is C15H23N3O4S. The third-order valence-corrected chi connectivity index (χ3v) is 5.72. The Kier molecular flexibility index (Phi) is 4.26. The van der Waals surface area contributed by atoms with E-state index in [1.165, 1.54) is 4.31 Å². The van der Waals surface area contributed by atoms with Gasteiger partial charge >= 0.3 is 0 Å². The summed E-state index contributed by atoms with van der Waals surface area (Å²) in [4.78, 5) is 0. The fourth-order valence-electron chi connectivity index (χ4n) is 3.02. The summed E-state index contributed by atoms with van der Waals surface area (Å²) in [7, 11) is -3.58. The number of hydrogen-bond acceptors (Lipinski definition) is 5. The average Bonchev–Trinajstić information content (AvgIpc) is 2.48. The molecule has 8 heteroatoms. The van der Waals surface area contributed by atoms with E-state index in [9.17, 15) is 8.42 Å². The van der Waals surface area contributed by atoms with Crippen molar-refractivity contribution in [2.45, 2.75) is 31.9 Å². The van der Waals surface area contributed by atoms with Crippen molar-refractivity contribution in [1.29, 1.82) is 0 Å². The molecule has 0 amide bonds. The van der Waals surface area contributed by atoms with E-state index in [0.29, 0.717) is 44.2 Å². The molecule has 0 aromatic heterocycles. The van der Waals surface area contributed by atoms with Crippen LogP contribution >= 0.6 is 0 Å². The lowest BCUT2D eigenvalue weighted by molar-refractivity contribution is 0.0652. The number of benzene rings is 1. The quantitative estimate of drug-likeness (QED) is 0.801. The molecule has 0 radical (unpaired) electrons. The Balaban J connectivity index is 1.88. The molecule has 3 rings (SSSR count). The van der Waals surface area contributed by atoms with Crippen molar-refractivity contribution in [1.82, 2.24) is 9.03 Å². The van der Waals surface area contributed by atoms with Crippen molar-refractivity contribution in [3.8, 4) is 5.75 Å². The zero-order chi connectivity index (χ0) is 16.7. The molecule has 7 nitrogen and oxygen atoms in total. The minimum absolute atomic E-state index is 0.367. The van der Waals surface area contributed by atoms with Crippen molar-refractivity contribution < 1.29 is 17.9 Å². The van der Waals surface area contributed by atoms with Crippen LogP contribution in [0.25, 0.3) is 0 Å². The first-order valence-corrected chi connectivity index (χ1v) is 9.14. The van der Waals surface area contributed by atoms with Crippen molar-refractivity contribution in [3.63, 3.8) is 0 Å². The summed E-state index contributed by atoms with van der Waals surface area (Å²) in [5, 5.41) is 0. The summed E-state index contributed by atoms with van der Waals surface area (Å²) in [5.74, 6) is 0.671. The first-order valence-electron chi connectivity index (χ1n) is 7.70. The summed E-state index contributed by atoms with van der Waals surface area (Å²) >= 11 is 0. The van der Waals surface area contributed by atoms with Crippen molar-refractivity contribution in [2.75, 3.05) is 32.0 Å². The van der Waals surface area contributed by atoms with Gasteiger partial charge in [-0.05, 0) is 32.0 Å². The van der Waals surface area contributed by atoms with Crippen LogP contribution in [0.3, 0.4) is 0 Å². The molecule has 0 saturated carbocycles. The van der Waals surface area contributed by atoms with E-state index in [0.717, 1.165) is 5.56 Å². The second kappa shape index (κ2) is 5.94. The molecule has 2 heterocycles. The van der Waals surface area contributed by atoms with Crippen molar-refractivity contribution in [3.05, 3.63) is 23.8 Å². The maximum atomic E-state index is 12.6. The van der Waals surface area contributed by atoms with Gasteiger partial charge in [0.25, 0.3) is 10.2 Å². The Morgan fingerprint density at radius 1 is 1.30 bits per heavy atom. The number of nitrogens with zero attached hydrogens (tertiary/aromatic N) is 1. The minimum atomic E-state index is -3.58. The summed E-state index contributed by atoms with van der Waals surface area (Å²) in [6, 6.07) is 4.96. The van der Waals surface area contributed by atoms with Gasteiger partial charge in [-0.15, -0.1) is 0 Å². The second-order valence-electron chi connectivity index (χ2n) is 6.55. The van der Waals surface area contributed by atoms with Crippen LogP contribution in [-0.4, -0.2) is 44.6 Å². The number of rotatable bonds is 3. The Labute approximate surface area is 136 Å². The molecule has 3 N–H and O–H groups in total. The van der Waals surface area contributed by atoms with Crippen LogP contribution in [0, 0.1) is 0 Å². The zero-order valence-electron chi connectivity index (χ0n) is 13.4. The summed E-state index contributed by atoms with van der Waals surface area (Å²) in [5.41, 5.74) is 6.77. The van der Waals surface area contributed by atoms with Crippen LogP contribution in [0.4, 0.5) is 5.69 Å². The van der Waals surface area contributed by atoms with E-state index in [1.807, 2.05) is 13.8 Å². The first-order chi connectivity index (χ1) is 10.8. The second-order valence-corrected chi connectivity index (χ2v) is 8.25. The van der Waals surface area contributed by atoms with Crippen LogP contribution in [0.1, 0.15) is 31.9 Å². The van der Waals surface area contributed by atoms with E-state index in [4.69, 9.17) is 15.2 Å². The predicted molar refractivity (Wildman–Crippen MR) is 87.4 cm³/mol. The van der Waals surface area contributed by atoms with Gasteiger partial charge in [-0.3, -0.25) is 0 Å². The molecule has 1 aromatic carbocycles. The molecular weight excluding hydrogens is 318 g/mol. The highest BCUT2D eigenvalue weighted by Crippen LogP contribution is 2.40. The normalized spacial score (nSPS) is 24.7. The molecule has 1 atom stereocenters. The Morgan fingerprint density at radius 2 is 2.00 bits per heavy atom. The molecule has 128 valence electrons. The lowest BCUT2D eigenvalue weighted by atomic mass is 9.90. The highest BCUT2D eigenvalue weighted by atomic mass is 32.2. The van der Waals surface area contributed by atoms with E-state index < -0.39 is 15.8 Å². The topological polar surface area (TPSA) is 93.9 Å². The van der Waals surface area contributed by atoms with Crippen LogP contribution < -0.4 is 15.2 Å². The van der Waals surface area contributed by atoms with Crippen molar-refractivity contribution in [2.24, 2.45) is 0 Å². The molecule has 0 spiro atoms. The van der Waals surface area contributed by atoms with Crippen LogP contribution in [-0.2, 0) is 14.9 Å². The smallest absolute Gasteiger partial charge is 0.280 e. The fraction of sp³-hybridized carbons (Fsp3) is 0.600. The summed E-state index contributed by atoms with van der Waals surface area (Å²) in [6.45, 7) is 5.47. The van der Waals surface area contributed by atoms with Gasteiger partial charge in [0.2, 0.25) is 0 Å². The van der Waals surface area contributed by atoms with Crippen LogP contribution in [0.2, 0.25) is 0 Å². The Bertz CT molecular complexity index is 684. The SMILES string of the molecule is CC1(C)CC(NS(=O)(=O)N2CCOCC2)c2cc(N)ccc2O1. The highest BCUT2D eigenvalue weighted by Gasteiger charge is 2.37. The molecule has 23 heavy (non-hydrogen) atoms. The van der Waals surface area contributed by atoms with Gasteiger partial charge in [-0.1, -0.05) is 0 Å². The van der Waals surface area contributed by atoms with Crippen LogP contribution in [0.15, 0.2) is 18.2 Å². The minimum Gasteiger partial charge on any atom is -0.487 e. The lowest BCUT2D eigenvalue weighted by Crippen LogP contribution is -2.49. The maximum absolute atomic E-state index is 12.6. The van der Waals surface area contributed by atoms with Gasteiger partial charge in [-0.2, -0.15) is 17.4 Å².